The Hall–Kier alpha value is -2.17. The molecule has 1 heterocycles. The summed E-state index contributed by atoms with van der Waals surface area (Å²) in [5.41, 5.74) is 7.90. The van der Waals surface area contributed by atoms with Gasteiger partial charge in [-0.25, -0.2) is 4.39 Å². The molecule has 2 rings (SSSR count). The van der Waals surface area contributed by atoms with Gasteiger partial charge in [-0.2, -0.15) is 0 Å². The van der Waals surface area contributed by atoms with Crippen LogP contribution in [0.2, 0.25) is 0 Å². The molecule has 0 unspecified atom stereocenters. The predicted octanol–water partition coefficient (Wildman–Crippen LogP) is 3.00. The molecule has 1 aromatic heterocycles. The van der Waals surface area contributed by atoms with Crippen LogP contribution >= 0.6 is 0 Å². The maximum atomic E-state index is 13.5. The smallest absolute Gasteiger partial charge is 0.151 e. The van der Waals surface area contributed by atoms with E-state index in [1.807, 2.05) is 13.8 Å². The Morgan fingerprint density at radius 2 is 1.95 bits per heavy atom. The average Bonchev–Trinajstić information content (AvgIpc) is 2.38. The number of nitrogens with two attached hydrogens (primary N) is 1. The van der Waals surface area contributed by atoms with Crippen LogP contribution in [0.4, 0.5) is 10.1 Å². The fourth-order valence-electron chi connectivity index (χ4n) is 1.81. The average molecular weight is 261 g/mol. The number of nitrogens with zero attached hydrogens (tertiary/aromatic N) is 2. The number of benzene rings is 1. The number of rotatable bonds is 3. The number of anilines is 1. The zero-order valence-electron chi connectivity index (χ0n) is 11.1. The van der Waals surface area contributed by atoms with Crippen LogP contribution in [0, 0.1) is 5.82 Å². The van der Waals surface area contributed by atoms with Gasteiger partial charge in [-0.1, -0.05) is 13.8 Å². The minimum atomic E-state index is -0.428. The van der Waals surface area contributed by atoms with Gasteiger partial charge in [0.2, 0.25) is 0 Å². The van der Waals surface area contributed by atoms with Crippen LogP contribution in [-0.2, 0) is 0 Å². The summed E-state index contributed by atoms with van der Waals surface area (Å²) in [6.45, 7) is 4.06. The molecule has 0 aliphatic carbocycles. The summed E-state index contributed by atoms with van der Waals surface area (Å²) in [5, 5.41) is 0. The monoisotopic (exact) mass is 261 g/mol. The van der Waals surface area contributed by atoms with E-state index in [0.29, 0.717) is 22.9 Å². The molecule has 2 aromatic rings. The molecule has 0 aliphatic heterocycles. The Kier molecular flexibility index (Phi) is 3.64. The molecule has 100 valence electrons. The second-order valence-electron chi connectivity index (χ2n) is 4.56. The first-order chi connectivity index (χ1) is 9.02. The van der Waals surface area contributed by atoms with Crippen molar-refractivity contribution in [2.24, 2.45) is 0 Å². The molecule has 0 atom stereocenters. The molecule has 0 radical (unpaired) electrons. The molecule has 0 bridgehead atoms. The Bertz CT molecular complexity index is 582. The van der Waals surface area contributed by atoms with Crippen LogP contribution in [-0.4, -0.2) is 17.1 Å². The van der Waals surface area contributed by atoms with Crippen LogP contribution in [0.3, 0.4) is 0 Å². The summed E-state index contributed by atoms with van der Waals surface area (Å²) in [4.78, 5) is 8.60. The van der Waals surface area contributed by atoms with Crippen LogP contribution in [0.15, 0.2) is 24.5 Å². The lowest BCUT2D eigenvalue weighted by molar-refractivity contribution is 0.417. The van der Waals surface area contributed by atoms with Gasteiger partial charge in [-0.3, -0.25) is 9.97 Å². The van der Waals surface area contributed by atoms with Crippen molar-refractivity contribution in [3.8, 4) is 17.0 Å². The second kappa shape index (κ2) is 5.22. The molecule has 19 heavy (non-hydrogen) atoms. The van der Waals surface area contributed by atoms with Gasteiger partial charge in [0.25, 0.3) is 0 Å². The van der Waals surface area contributed by atoms with Crippen molar-refractivity contribution in [1.29, 1.82) is 0 Å². The molecular weight excluding hydrogens is 245 g/mol. The van der Waals surface area contributed by atoms with Crippen LogP contribution in [0.5, 0.6) is 5.75 Å². The third kappa shape index (κ3) is 2.65. The first kappa shape index (κ1) is 13.3. The third-order valence-corrected chi connectivity index (χ3v) is 2.83. The van der Waals surface area contributed by atoms with E-state index in [0.717, 1.165) is 5.69 Å². The topological polar surface area (TPSA) is 61.0 Å². The highest BCUT2D eigenvalue weighted by Gasteiger charge is 2.13. The highest BCUT2D eigenvalue weighted by atomic mass is 19.1. The van der Waals surface area contributed by atoms with Crippen molar-refractivity contribution < 1.29 is 9.13 Å². The molecule has 0 saturated carbocycles. The standard InChI is InChI=1S/C14H16FN3O/c1-8(2)12-6-18-13(7-17-12)10-4-9(15)5-11(16)14(10)19-3/h4-8H,16H2,1-3H3. The second-order valence-corrected chi connectivity index (χ2v) is 4.56. The maximum Gasteiger partial charge on any atom is 0.151 e. The predicted molar refractivity (Wildman–Crippen MR) is 72.5 cm³/mol. The molecule has 1 aromatic carbocycles. The van der Waals surface area contributed by atoms with Gasteiger partial charge >= 0.3 is 0 Å². The lowest BCUT2D eigenvalue weighted by atomic mass is 10.1. The fraction of sp³-hybridized carbons (Fsp3) is 0.286. The third-order valence-electron chi connectivity index (χ3n) is 2.83. The van der Waals surface area contributed by atoms with Gasteiger partial charge in [0.05, 0.1) is 30.4 Å². The minimum Gasteiger partial charge on any atom is -0.494 e. The van der Waals surface area contributed by atoms with Crippen molar-refractivity contribution in [2.45, 2.75) is 19.8 Å². The number of hydrogen-bond donors (Lipinski definition) is 1. The van der Waals surface area contributed by atoms with Crippen molar-refractivity contribution >= 4 is 5.69 Å². The number of hydrogen-bond acceptors (Lipinski definition) is 4. The van der Waals surface area contributed by atoms with Crippen molar-refractivity contribution in [3.63, 3.8) is 0 Å². The minimum absolute atomic E-state index is 0.243. The SMILES string of the molecule is COc1c(N)cc(F)cc1-c1cnc(C(C)C)cn1. The number of halogens is 1. The van der Waals surface area contributed by atoms with E-state index in [4.69, 9.17) is 10.5 Å². The molecule has 4 nitrogen and oxygen atoms in total. The normalized spacial score (nSPS) is 10.8. The zero-order valence-corrected chi connectivity index (χ0v) is 11.1. The van der Waals surface area contributed by atoms with E-state index in [2.05, 4.69) is 9.97 Å². The van der Waals surface area contributed by atoms with Gasteiger partial charge in [0, 0.05) is 17.8 Å². The van der Waals surface area contributed by atoms with Crippen LogP contribution in [0.1, 0.15) is 25.5 Å². The van der Waals surface area contributed by atoms with Crippen LogP contribution in [0.25, 0.3) is 11.3 Å². The van der Waals surface area contributed by atoms with Gasteiger partial charge < -0.3 is 10.5 Å². The molecule has 0 spiro atoms. The van der Waals surface area contributed by atoms with E-state index in [9.17, 15) is 4.39 Å². The molecule has 0 aliphatic rings. The Labute approximate surface area is 111 Å². The van der Waals surface area contributed by atoms with E-state index in [-0.39, 0.29) is 5.69 Å². The van der Waals surface area contributed by atoms with Gasteiger partial charge in [0.15, 0.2) is 5.75 Å². The summed E-state index contributed by atoms with van der Waals surface area (Å²) in [7, 11) is 1.49. The van der Waals surface area contributed by atoms with Crippen molar-refractivity contribution in [3.05, 3.63) is 36.0 Å². The lowest BCUT2D eigenvalue weighted by Gasteiger charge is -2.11. The summed E-state index contributed by atoms with van der Waals surface area (Å²) in [6, 6.07) is 2.56. The first-order valence-electron chi connectivity index (χ1n) is 5.98. The Morgan fingerprint density at radius 3 is 2.47 bits per heavy atom. The fourth-order valence-corrected chi connectivity index (χ4v) is 1.81. The lowest BCUT2D eigenvalue weighted by Crippen LogP contribution is -1.99. The largest absolute Gasteiger partial charge is 0.494 e. The number of ether oxygens (including phenoxy) is 1. The Balaban J connectivity index is 2.52. The van der Waals surface area contributed by atoms with E-state index < -0.39 is 5.82 Å². The molecule has 0 fully saturated rings. The highest BCUT2D eigenvalue weighted by Crippen LogP contribution is 2.34. The quantitative estimate of drug-likeness (QED) is 0.863. The van der Waals surface area contributed by atoms with Gasteiger partial charge in [-0.05, 0) is 12.0 Å². The number of nitrogen functional groups attached to an aromatic ring is 1. The molecule has 2 N–H and O–H groups in total. The summed E-state index contributed by atoms with van der Waals surface area (Å²) in [5.74, 6) is 0.275. The van der Waals surface area contributed by atoms with Gasteiger partial charge in [0.1, 0.15) is 5.82 Å². The maximum absolute atomic E-state index is 13.5. The van der Waals surface area contributed by atoms with Crippen molar-refractivity contribution in [1.82, 2.24) is 9.97 Å². The summed E-state index contributed by atoms with van der Waals surface area (Å²) >= 11 is 0. The highest BCUT2D eigenvalue weighted by molar-refractivity contribution is 5.74. The Morgan fingerprint density at radius 1 is 1.21 bits per heavy atom. The molecule has 0 amide bonds. The summed E-state index contributed by atoms with van der Waals surface area (Å²) < 4.78 is 18.7. The van der Waals surface area contributed by atoms with E-state index in [1.54, 1.807) is 12.4 Å². The number of aromatic nitrogens is 2. The van der Waals surface area contributed by atoms with Gasteiger partial charge in [-0.15, -0.1) is 0 Å². The van der Waals surface area contributed by atoms with Crippen molar-refractivity contribution in [2.75, 3.05) is 12.8 Å². The molecule has 0 saturated heterocycles. The van der Waals surface area contributed by atoms with E-state index >= 15 is 0 Å². The zero-order chi connectivity index (χ0) is 14.0. The first-order valence-corrected chi connectivity index (χ1v) is 5.98. The number of methoxy groups -OCH3 is 1. The van der Waals surface area contributed by atoms with Crippen LogP contribution < -0.4 is 10.5 Å². The van der Waals surface area contributed by atoms with E-state index in [1.165, 1.54) is 19.2 Å². The molecule has 5 heteroatoms. The molecular formula is C14H16FN3O. The summed E-state index contributed by atoms with van der Waals surface area (Å²) in [6.07, 6.45) is 3.28.